The summed E-state index contributed by atoms with van der Waals surface area (Å²) in [6.45, 7) is 1.53. The van der Waals surface area contributed by atoms with Crippen molar-refractivity contribution >= 4 is 11.9 Å². The van der Waals surface area contributed by atoms with E-state index >= 15 is 0 Å². The first-order valence-corrected chi connectivity index (χ1v) is 4.37. The maximum Gasteiger partial charge on any atom is 0.331 e. The van der Waals surface area contributed by atoms with Gasteiger partial charge >= 0.3 is 11.9 Å². The second-order valence-corrected chi connectivity index (χ2v) is 2.66. The molecule has 1 rings (SSSR count). The number of aliphatic hydroxyl groups excluding tert-OH is 2. The molecule has 0 fully saturated rings. The number of carbonyl (C=O) groups is 2. The smallest absolute Gasteiger partial charge is 0.331 e. The van der Waals surface area contributed by atoms with Crippen LogP contribution >= 0.6 is 0 Å². The lowest BCUT2D eigenvalue weighted by Gasteiger charge is -2.13. The van der Waals surface area contributed by atoms with Crippen molar-refractivity contribution in [1.82, 2.24) is 0 Å². The van der Waals surface area contributed by atoms with E-state index in [1.165, 1.54) is 0 Å². The lowest BCUT2D eigenvalue weighted by Crippen LogP contribution is -2.23. The van der Waals surface area contributed by atoms with Crippen molar-refractivity contribution in [2.75, 3.05) is 19.8 Å². The third-order valence-electron chi connectivity index (χ3n) is 1.23. The Morgan fingerprint density at radius 3 is 2.33 bits per heavy atom. The van der Waals surface area contributed by atoms with Crippen LogP contribution in [0, 0.1) is 0 Å². The molecule has 0 aliphatic carbocycles. The minimum Gasteiger partial charge on any atom is -0.459 e. The van der Waals surface area contributed by atoms with Gasteiger partial charge in [-0.05, 0) is 6.92 Å². The van der Waals surface area contributed by atoms with Crippen molar-refractivity contribution < 1.29 is 29.3 Å². The lowest BCUT2D eigenvalue weighted by molar-refractivity contribution is -0.153. The molecule has 1 unspecified atom stereocenters. The molecule has 1 atom stereocenters. The molecule has 0 aromatic heterocycles. The lowest BCUT2D eigenvalue weighted by atomic mass is 10.4. The van der Waals surface area contributed by atoms with Gasteiger partial charge in [-0.3, -0.25) is 0 Å². The van der Waals surface area contributed by atoms with Crippen LogP contribution in [-0.2, 0) is 19.1 Å². The number of esters is 2. The molecule has 1 aliphatic rings. The van der Waals surface area contributed by atoms with Crippen LogP contribution < -0.4 is 0 Å². The summed E-state index contributed by atoms with van der Waals surface area (Å²) in [5.74, 6) is -1.01. The van der Waals surface area contributed by atoms with Crippen LogP contribution in [0.25, 0.3) is 0 Å². The molecule has 1 heterocycles. The van der Waals surface area contributed by atoms with Crippen molar-refractivity contribution in [1.29, 1.82) is 0 Å². The van der Waals surface area contributed by atoms with E-state index in [9.17, 15) is 9.59 Å². The quantitative estimate of drug-likeness (QED) is 0.548. The molecule has 1 aliphatic heterocycles. The van der Waals surface area contributed by atoms with Gasteiger partial charge in [0.15, 0.2) is 0 Å². The van der Waals surface area contributed by atoms with Crippen LogP contribution in [0.1, 0.15) is 6.92 Å². The molecule has 2 N–H and O–H groups in total. The minimum absolute atomic E-state index is 0.120. The molecule has 0 saturated heterocycles. The van der Waals surface area contributed by atoms with E-state index in [0.717, 1.165) is 12.2 Å². The molecular weight excluding hydrogens is 204 g/mol. The maximum atomic E-state index is 10.7. The highest BCUT2D eigenvalue weighted by molar-refractivity contribution is 5.92. The number of hydrogen-bond acceptors (Lipinski definition) is 6. The number of aliphatic hydroxyl groups is 2. The summed E-state index contributed by atoms with van der Waals surface area (Å²) in [6, 6.07) is 0. The zero-order chi connectivity index (χ0) is 11.7. The molecule has 86 valence electrons. The molecule has 0 aromatic rings. The Balaban J connectivity index is 0.000000423. The SMILES string of the molecule is CC1COC(=O)/C=C\C(=O)O1.OCCO. The van der Waals surface area contributed by atoms with Crippen molar-refractivity contribution in [2.24, 2.45) is 0 Å². The maximum absolute atomic E-state index is 10.7. The highest BCUT2D eigenvalue weighted by Gasteiger charge is 2.12. The highest BCUT2D eigenvalue weighted by Crippen LogP contribution is 1.98. The largest absolute Gasteiger partial charge is 0.459 e. The van der Waals surface area contributed by atoms with Gasteiger partial charge in [0.2, 0.25) is 0 Å². The summed E-state index contributed by atoms with van der Waals surface area (Å²) >= 11 is 0. The molecule has 0 saturated carbocycles. The average molecular weight is 218 g/mol. The van der Waals surface area contributed by atoms with Gasteiger partial charge in [-0.2, -0.15) is 0 Å². The number of cyclic esters (lactones) is 2. The van der Waals surface area contributed by atoms with Gasteiger partial charge in [0.1, 0.15) is 12.7 Å². The zero-order valence-electron chi connectivity index (χ0n) is 8.38. The van der Waals surface area contributed by atoms with Gasteiger partial charge in [0, 0.05) is 12.2 Å². The van der Waals surface area contributed by atoms with Crippen LogP contribution in [0.15, 0.2) is 12.2 Å². The highest BCUT2D eigenvalue weighted by atomic mass is 16.6. The van der Waals surface area contributed by atoms with Crippen LogP contribution in [-0.4, -0.2) is 48.1 Å². The first-order chi connectivity index (χ1) is 7.10. The summed E-state index contributed by atoms with van der Waals surface area (Å²) in [7, 11) is 0. The normalized spacial score (nSPS) is 22.5. The fourth-order valence-corrected chi connectivity index (χ4v) is 0.655. The monoisotopic (exact) mass is 218 g/mol. The summed E-state index contributed by atoms with van der Waals surface area (Å²) in [5, 5.41) is 15.2. The van der Waals surface area contributed by atoms with Crippen molar-refractivity contribution in [3.63, 3.8) is 0 Å². The fourth-order valence-electron chi connectivity index (χ4n) is 0.655. The first kappa shape index (κ1) is 13.6. The number of ether oxygens (including phenoxy) is 2. The van der Waals surface area contributed by atoms with Crippen LogP contribution in [0.2, 0.25) is 0 Å². The molecule has 6 heteroatoms. The van der Waals surface area contributed by atoms with E-state index in [1.54, 1.807) is 6.92 Å². The Kier molecular flexibility index (Phi) is 7.21. The van der Waals surface area contributed by atoms with Crippen LogP contribution in [0.4, 0.5) is 0 Å². The van der Waals surface area contributed by atoms with Crippen molar-refractivity contribution in [3.8, 4) is 0 Å². The molecule has 0 radical (unpaired) electrons. The number of rotatable bonds is 1. The van der Waals surface area contributed by atoms with E-state index in [2.05, 4.69) is 4.74 Å². The Hall–Kier alpha value is -1.40. The third kappa shape index (κ3) is 7.65. The molecular formula is C9H14O6. The summed E-state index contributed by atoms with van der Waals surface area (Å²) < 4.78 is 9.38. The van der Waals surface area contributed by atoms with E-state index in [1.807, 2.05) is 0 Å². The Bertz CT molecular complexity index is 233. The zero-order valence-corrected chi connectivity index (χ0v) is 8.38. The second-order valence-electron chi connectivity index (χ2n) is 2.66. The predicted octanol–water partition coefficient (Wildman–Crippen LogP) is -0.998. The Morgan fingerprint density at radius 2 is 1.80 bits per heavy atom. The molecule has 15 heavy (non-hydrogen) atoms. The van der Waals surface area contributed by atoms with Gasteiger partial charge in [-0.15, -0.1) is 0 Å². The molecule has 0 aromatic carbocycles. The third-order valence-corrected chi connectivity index (χ3v) is 1.23. The van der Waals surface area contributed by atoms with Gasteiger partial charge in [-0.25, -0.2) is 9.59 Å². The molecule has 0 bridgehead atoms. The number of carbonyl (C=O) groups excluding carboxylic acids is 2. The topological polar surface area (TPSA) is 93.1 Å². The van der Waals surface area contributed by atoms with Gasteiger partial charge < -0.3 is 19.7 Å². The van der Waals surface area contributed by atoms with Crippen LogP contribution in [0.5, 0.6) is 0 Å². The van der Waals surface area contributed by atoms with Gasteiger partial charge in [-0.1, -0.05) is 0 Å². The van der Waals surface area contributed by atoms with Gasteiger partial charge in [0.25, 0.3) is 0 Å². The fraction of sp³-hybridized carbons (Fsp3) is 0.556. The van der Waals surface area contributed by atoms with E-state index in [-0.39, 0.29) is 25.9 Å². The molecule has 6 nitrogen and oxygen atoms in total. The van der Waals surface area contributed by atoms with Gasteiger partial charge in [0.05, 0.1) is 13.2 Å². The molecule has 0 spiro atoms. The van der Waals surface area contributed by atoms with Crippen molar-refractivity contribution in [3.05, 3.63) is 12.2 Å². The standard InChI is InChI=1S/C7H8O4.C2H6O2/c1-5-4-10-6(8)2-3-7(9)11-5;3-1-2-4/h2-3,5H,4H2,1H3;3-4H,1-2H2/b3-2-;. The number of hydrogen-bond donors (Lipinski definition) is 2. The Labute approximate surface area is 87.1 Å². The molecule has 0 amide bonds. The summed E-state index contributed by atoms with van der Waals surface area (Å²) in [4.78, 5) is 21.3. The van der Waals surface area contributed by atoms with E-state index in [4.69, 9.17) is 14.9 Å². The van der Waals surface area contributed by atoms with E-state index in [0.29, 0.717) is 0 Å². The van der Waals surface area contributed by atoms with Crippen molar-refractivity contribution in [2.45, 2.75) is 13.0 Å². The average Bonchev–Trinajstić information content (AvgIpc) is 2.22. The first-order valence-electron chi connectivity index (χ1n) is 4.37. The van der Waals surface area contributed by atoms with Crippen LogP contribution in [0.3, 0.4) is 0 Å². The predicted molar refractivity (Wildman–Crippen MR) is 49.8 cm³/mol. The van der Waals surface area contributed by atoms with E-state index < -0.39 is 11.9 Å². The Morgan fingerprint density at radius 1 is 1.27 bits per heavy atom. The summed E-state index contributed by atoms with van der Waals surface area (Å²) in [5.41, 5.74) is 0. The minimum atomic E-state index is -0.506. The second kappa shape index (κ2) is 7.95. The summed E-state index contributed by atoms with van der Waals surface area (Å²) in [6.07, 6.45) is 1.74.